The minimum absolute atomic E-state index is 0.991. The zero-order chi connectivity index (χ0) is 8.39. The average molecular weight is 159 g/mol. The Morgan fingerprint density at radius 2 is 1.58 bits per heavy atom. The van der Waals surface area contributed by atoms with Crippen LogP contribution in [0, 0.1) is 6.92 Å². The maximum absolute atomic E-state index is 4.02. The SMILES string of the molecule is Cc1ccc(-n2nccn2)cc1. The highest BCUT2D eigenvalue weighted by Gasteiger charge is 1.94. The molecule has 60 valence electrons. The van der Waals surface area contributed by atoms with Crippen LogP contribution in [-0.2, 0) is 0 Å². The number of aromatic nitrogens is 3. The van der Waals surface area contributed by atoms with E-state index in [2.05, 4.69) is 17.1 Å². The van der Waals surface area contributed by atoms with Gasteiger partial charge in [-0.05, 0) is 19.1 Å². The molecule has 3 heteroatoms. The fourth-order valence-electron chi connectivity index (χ4n) is 1.03. The molecule has 0 saturated carbocycles. The standard InChI is InChI=1S/C9H9N3/c1-8-2-4-9(5-3-8)12-10-6-7-11-12/h2-7H,1H3. The predicted molar refractivity (Wildman–Crippen MR) is 46.1 cm³/mol. The van der Waals surface area contributed by atoms with Crippen LogP contribution >= 0.6 is 0 Å². The summed E-state index contributed by atoms with van der Waals surface area (Å²) in [5.74, 6) is 0. The second kappa shape index (κ2) is 2.77. The highest BCUT2D eigenvalue weighted by molar-refractivity contribution is 5.31. The number of aryl methyl sites for hydroxylation is 1. The molecule has 0 atom stereocenters. The van der Waals surface area contributed by atoms with Gasteiger partial charge in [0.05, 0.1) is 18.1 Å². The van der Waals surface area contributed by atoms with Crippen LogP contribution in [0.15, 0.2) is 36.7 Å². The van der Waals surface area contributed by atoms with Crippen molar-refractivity contribution in [2.45, 2.75) is 6.92 Å². The zero-order valence-electron chi connectivity index (χ0n) is 6.81. The summed E-state index contributed by atoms with van der Waals surface area (Å²) < 4.78 is 0. The van der Waals surface area contributed by atoms with E-state index in [1.165, 1.54) is 5.56 Å². The highest BCUT2D eigenvalue weighted by atomic mass is 15.5. The summed E-state index contributed by atoms with van der Waals surface area (Å²) >= 11 is 0. The molecule has 0 amide bonds. The van der Waals surface area contributed by atoms with E-state index in [4.69, 9.17) is 0 Å². The number of nitrogens with zero attached hydrogens (tertiary/aromatic N) is 3. The van der Waals surface area contributed by atoms with E-state index in [1.807, 2.05) is 24.3 Å². The Kier molecular flexibility index (Phi) is 1.63. The third-order valence-electron chi connectivity index (χ3n) is 1.68. The van der Waals surface area contributed by atoms with E-state index in [9.17, 15) is 0 Å². The Labute approximate surface area is 70.6 Å². The highest BCUT2D eigenvalue weighted by Crippen LogP contribution is 2.05. The molecule has 0 N–H and O–H groups in total. The van der Waals surface area contributed by atoms with E-state index in [-0.39, 0.29) is 0 Å². The molecule has 1 heterocycles. The van der Waals surface area contributed by atoms with Crippen molar-refractivity contribution >= 4 is 0 Å². The molecule has 1 aromatic heterocycles. The van der Waals surface area contributed by atoms with Gasteiger partial charge in [-0.3, -0.25) is 0 Å². The van der Waals surface area contributed by atoms with Crippen molar-refractivity contribution in [1.82, 2.24) is 15.0 Å². The molecular weight excluding hydrogens is 150 g/mol. The van der Waals surface area contributed by atoms with Gasteiger partial charge in [0, 0.05) is 0 Å². The summed E-state index contributed by atoms with van der Waals surface area (Å²) in [7, 11) is 0. The molecule has 0 radical (unpaired) electrons. The number of hydrogen-bond donors (Lipinski definition) is 0. The van der Waals surface area contributed by atoms with Gasteiger partial charge in [0.2, 0.25) is 0 Å². The molecule has 0 spiro atoms. The lowest BCUT2D eigenvalue weighted by molar-refractivity contribution is 0.752. The fraction of sp³-hybridized carbons (Fsp3) is 0.111. The van der Waals surface area contributed by atoms with Crippen LogP contribution in [0.1, 0.15) is 5.56 Å². The van der Waals surface area contributed by atoms with Gasteiger partial charge in [0.1, 0.15) is 0 Å². The first-order valence-corrected chi connectivity index (χ1v) is 3.79. The molecule has 0 bridgehead atoms. The first-order chi connectivity index (χ1) is 5.86. The van der Waals surface area contributed by atoms with Crippen LogP contribution in [0.2, 0.25) is 0 Å². The van der Waals surface area contributed by atoms with Crippen LogP contribution in [0.3, 0.4) is 0 Å². The minimum atomic E-state index is 0.991. The first kappa shape index (κ1) is 7.03. The monoisotopic (exact) mass is 159 g/mol. The van der Waals surface area contributed by atoms with Crippen LogP contribution in [0.4, 0.5) is 0 Å². The first-order valence-electron chi connectivity index (χ1n) is 3.79. The zero-order valence-corrected chi connectivity index (χ0v) is 6.81. The Bertz CT molecular complexity index is 348. The van der Waals surface area contributed by atoms with E-state index in [0.29, 0.717) is 0 Å². The Morgan fingerprint density at radius 3 is 2.17 bits per heavy atom. The predicted octanol–water partition coefficient (Wildman–Crippen LogP) is 1.58. The normalized spacial score (nSPS) is 10.1. The van der Waals surface area contributed by atoms with Crippen LogP contribution in [0.25, 0.3) is 5.69 Å². The molecule has 0 aliphatic heterocycles. The van der Waals surface area contributed by atoms with Gasteiger partial charge < -0.3 is 0 Å². The van der Waals surface area contributed by atoms with Crippen molar-refractivity contribution in [3.05, 3.63) is 42.2 Å². The molecule has 3 nitrogen and oxygen atoms in total. The van der Waals surface area contributed by atoms with Gasteiger partial charge in [-0.2, -0.15) is 15.0 Å². The molecule has 12 heavy (non-hydrogen) atoms. The molecule has 0 fully saturated rings. The maximum atomic E-state index is 4.02. The molecule has 0 aliphatic carbocycles. The molecule has 0 unspecified atom stereocenters. The third-order valence-corrected chi connectivity index (χ3v) is 1.68. The number of benzene rings is 1. The van der Waals surface area contributed by atoms with Gasteiger partial charge in [-0.1, -0.05) is 17.7 Å². The summed E-state index contributed by atoms with van der Waals surface area (Å²) in [5, 5.41) is 8.04. The van der Waals surface area contributed by atoms with Crippen LogP contribution in [0.5, 0.6) is 0 Å². The van der Waals surface area contributed by atoms with E-state index in [0.717, 1.165) is 5.69 Å². The maximum Gasteiger partial charge on any atom is 0.0856 e. The van der Waals surface area contributed by atoms with E-state index >= 15 is 0 Å². The summed E-state index contributed by atoms with van der Waals surface area (Å²) in [6.07, 6.45) is 3.33. The van der Waals surface area contributed by atoms with Gasteiger partial charge >= 0.3 is 0 Å². The summed E-state index contributed by atoms with van der Waals surface area (Å²) in [4.78, 5) is 1.60. The molecule has 2 rings (SSSR count). The van der Waals surface area contributed by atoms with Crippen molar-refractivity contribution < 1.29 is 0 Å². The van der Waals surface area contributed by atoms with Gasteiger partial charge in [0.25, 0.3) is 0 Å². The second-order valence-electron chi connectivity index (χ2n) is 2.65. The molecule has 0 saturated heterocycles. The smallest absolute Gasteiger partial charge is 0.0856 e. The lowest BCUT2D eigenvalue weighted by Crippen LogP contribution is -1.97. The number of hydrogen-bond acceptors (Lipinski definition) is 2. The van der Waals surface area contributed by atoms with Crippen molar-refractivity contribution in [1.29, 1.82) is 0 Å². The summed E-state index contributed by atoms with van der Waals surface area (Å²) in [6, 6.07) is 8.07. The van der Waals surface area contributed by atoms with Gasteiger partial charge in [-0.15, -0.1) is 0 Å². The van der Waals surface area contributed by atoms with Gasteiger partial charge in [0.15, 0.2) is 0 Å². The lowest BCUT2D eigenvalue weighted by atomic mass is 10.2. The molecule has 0 aliphatic rings. The second-order valence-corrected chi connectivity index (χ2v) is 2.65. The quantitative estimate of drug-likeness (QED) is 0.632. The summed E-state index contributed by atoms with van der Waals surface area (Å²) in [6.45, 7) is 2.06. The minimum Gasteiger partial charge on any atom is -0.157 e. The van der Waals surface area contributed by atoms with E-state index in [1.54, 1.807) is 17.2 Å². The van der Waals surface area contributed by atoms with Crippen molar-refractivity contribution in [3.8, 4) is 5.69 Å². The Balaban J connectivity index is 2.43. The molecule has 1 aromatic carbocycles. The largest absolute Gasteiger partial charge is 0.157 e. The Hall–Kier alpha value is -1.64. The van der Waals surface area contributed by atoms with Crippen molar-refractivity contribution in [2.24, 2.45) is 0 Å². The third kappa shape index (κ3) is 1.21. The molecular formula is C9H9N3. The van der Waals surface area contributed by atoms with Gasteiger partial charge in [-0.25, -0.2) is 0 Å². The summed E-state index contributed by atoms with van der Waals surface area (Å²) in [5.41, 5.74) is 2.23. The Morgan fingerprint density at radius 1 is 1.00 bits per heavy atom. The van der Waals surface area contributed by atoms with E-state index < -0.39 is 0 Å². The molecule has 2 aromatic rings. The van der Waals surface area contributed by atoms with Crippen LogP contribution in [-0.4, -0.2) is 15.0 Å². The topological polar surface area (TPSA) is 30.7 Å². The fourth-order valence-corrected chi connectivity index (χ4v) is 1.03. The van der Waals surface area contributed by atoms with Crippen molar-refractivity contribution in [2.75, 3.05) is 0 Å². The lowest BCUT2D eigenvalue weighted by Gasteiger charge is -1.98. The van der Waals surface area contributed by atoms with Crippen molar-refractivity contribution in [3.63, 3.8) is 0 Å². The average Bonchev–Trinajstić information content (AvgIpc) is 2.58. The number of rotatable bonds is 1. The van der Waals surface area contributed by atoms with Crippen LogP contribution < -0.4 is 0 Å².